The second-order valence-electron chi connectivity index (χ2n) is 5.03. The smallest absolute Gasteiger partial charge is 0.252 e. The van der Waals surface area contributed by atoms with Gasteiger partial charge in [-0.05, 0) is 19.4 Å². The molecule has 2 heterocycles. The average Bonchev–Trinajstić information content (AvgIpc) is 2.49. The Morgan fingerprint density at radius 1 is 1.25 bits per heavy atom. The minimum atomic E-state index is -0.134. The fraction of sp³-hybridized carbons (Fsp3) is 0.333. The third-order valence-electron chi connectivity index (χ3n) is 3.45. The summed E-state index contributed by atoms with van der Waals surface area (Å²) in [4.78, 5) is 19.0. The van der Waals surface area contributed by atoms with Crippen LogP contribution in [0.4, 0.5) is 5.95 Å². The molecule has 3 N–H and O–H groups in total. The molecule has 1 aliphatic heterocycles. The van der Waals surface area contributed by atoms with Crippen molar-refractivity contribution in [2.24, 2.45) is 0 Å². The van der Waals surface area contributed by atoms with Gasteiger partial charge < -0.3 is 10.6 Å². The number of anilines is 1. The van der Waals surface area contributed by atoms with E-state index in [4.69, 9.17) is 0 Å². The van der Waals surface area contributed by atoms with Crippen LogP contribution in [0.3, 0.4) is 0 Å². The number of nitrogens with one attached hydrogen (secondary N) is 3. The molecule has 1 aromatic carbocycles. The number of nitrogens with zero attached hydrogens (tertiary/aromatic N) is 1. The molecule has 1 aliphatic rings. The standard InChI is InChI=1S/C15H18N4O/c20-14-9-13(11-5-2-1-3-6-11)18-15(19-14)17-12-7-4-8-16-10-12/h1-3,5-6,9,12,16H,4,7-8,10H2,(H2,17,18,19,20). The molecule has 1 aromatic heterocycles. The molecule has 5 heteroatoms. The highest BCUT2D eigenvalue weighted by molar-refractivity contribution is 5.59. The van der Waals surface area contributed by atoms with Gasteiger partial charge >= 0.3 is 0 Å². The van der Waals surface area contributed by atoms with Gasteiger partial charge in [-0.1, -0.05) is 30.3 Å². The van der Waals surface area contributed by atoms with Crippen molar-refractivity contribution in [3.05, 3.63) is 46.8 Å². The van der Waals surface area contributed by atoms with Crippen LogP contribution in [0.2, 0.25) is 0 Å². The van der Waals surface area contributed by atoms with Crippen molar-refractivity contribution in [1.82, 2.24) is 15.3 Å². The monoisotopic (exact) mass is 270 g/mol. The van der Waals surface area contributed by atoms with Gasteiger partial charge in [-0.3, -0.25) is 9.78 Å². The molecule has 2 aromatic rings. The number of H-pyrrole nitrogens is 1. The third kappa shape index (κ3) is 3.05. The maximum Gasteiger partial charge on any atom is 0.252 e. The molecule has 0 amide bonds. The van der Waals surface area contributed by atoms with Gasteiger partial charge in [-0.2, -0.15) is 0 Å². The molecule has 3 rings (SSSR count). The van der Waals surface area contributed by atoms with Gasteiger partial charge in [0.2, 0.25) is 5.95 Å². The summed E-state index contributed by atoms with van der Waals surface area (Å²) in [5.41, 5.74) is 1.51. The Labute approximate surface area is 117 Å². The van der Waals surface area contributed by atoms with E-state index in [2.05, 4.69) is 20.6 Å². The highest BCUT2D eigenvalue weighted by atomic mass is 16.1. The Morgan fingerprint density at radius 2 is 2.10 bits per heavy atom. The lowest BCUT2D eigenvalue weighted by Crippen LogP contribution is -2.39. The maximum atomic E-state index is 11.8. The minimum Gasteiger partial charge on any atom is -0.352 e. The number of hydrogen-bond acceptors (Lipinski definition) is 4. The lowest BCUT2D eigenvalue weighted by atomic mass is 10.1. The first-order valence-electron chi connectivity index (χ1n) is 6.95. The first kappa shape index (κ1) is 12.9. The molecule has 20 heavy (non-hydrogen) atoms. The van der Waals surface area contributed by atoms with Crippen LogP contribution >= 0.6 is 0 Å². The lowest BCUT2D eigenvalue weighted by Gasteiger charge is -2.24. The van der Waals surface area contributed by atoms with E-state index in [0.717, 1.165) is 31.5 Å². The van der Waals surface area contributed by atoms with Gasteiger partial charge in [0.15, 0.2) is 0 Å². The van der Waals surface area contributed by atoms with E-state index >= 15 is 0 Å². The van der Waals surface area contributed by atoms with Crippen molar-refractivity contribution in [2.75, 3.05) is 18.4 Å². The topological polar surface area (TPSA) is 69.8 Å². The van der Waals surface area contributed by atoms with Crippen LogP contribution in [0, 0.1) is 0 Å². The summed E-state index contributed by atoms with van der Waals surface area (Å²) in [6, 6.07) is 11.6. The number of piperidine rings is 1. The Morgan fingerprint density at radius 3 is 2.85 bits per heavy atom. The van der Waals surface area contributed by atoms with Crippen molar-refractivity contribution < 1.29 is 0 Å². The number of aromatic nitrogens is 2. The van der Waals surface area contributed by atoms with Crippen LogP contribution < -0.4 is 16.2 Å². The zero-order valence-electron chi connectivity index (χ0n) is 11.2. The van der Waals surface area contributed by atoms with Crippen molar-refractivity contribution in [3.8, 4) is 11.3 Å². The fourth-order valence-corrected chi connectivity index (χ4v) is 2.45. The highest BCUT2D eigenvalue weighted by Crippen LogP contribution is 2.16. The molecule has 0 saturated carbocycles. The Kier molecular flexibility index (Phi) is 3.78. The van der Waals surface area contributed by atoms with E-state index in [1.807, 2.05) is 30.3 Å². The van der Waals surface area contributed by atoms with Crippen LogP contribution in [-0.2, 0) is 0 Å². The molecular formula is C15H18N4O. The van der Waals surface area contributed by atoms with Gasteiger partial charge in [0.25, 0.3) is 5.56 Å². The second-order valence-corrected chi connectivity index (χ2v) is 5.03. The Balaban J connectivity index is 1.85. The van der Waals surface area contributed by atoms with Gasteiger partial charge in [0.05, 0.1) is 5.69 Å². The van der Waals surface area contributed by atoms with E-state index in [1.165, 1.54) is 6.07 Å². The van der Waals surface area contributed by atoms with E-state index in [1.54, 1.807) is 0 Å². The van der Waals surface area contributed by atoms with Crippen molar-refractivity contribution >= 4 is 5.95 Å². The summed E-state index contributed by atoms with van der Waals surface area (Å²) in [6.45, 7) is 1.96. The maximum absolute atomic E-state index is 11.8. The zero-order valence-corrected chi connectivity index (χ0v) is 11.2. The number of rotatable bonds is 3. The molecule has 0 radical (unpaired) electrons. The first-order chi connectivity index (χ1) is 9.81. The summed E-state index contributed by atoms with van der Waals surface area (Å²) in [7, 11) is 0. The molecule has 0 aliphatic carbocycles. The molecule has 1 fully saturated rings. The Hall–Kier alpha value is -2.14. The number of aromatic amines is 1. The van der Waals surface area contributed by atoms with Gasteiger partial charge in [0.1, 0.15) is 0 Å². The molecule has 1 atom stereocenters. The predicted octanol–water partition coefficient (Wildman–Crippen LogP) is 1.60. The molecule has 104 valence electrons. The van der Waals surface area contributed by atoms with Crippen LogP contribution in [0.25, 0.3) is 11.3 Å². The van der Waals surface area contributed by atoms with Crippen LogP contribution in [0.15, 0.2) is 41.2 Å². The van der Waals surface area contributed by atoms with Gasteiger partial charge in [-0.25, -0.2) is 4.98 Å². The van der Waals surface area contributed by atoms with E-state index in [0.29, 0.717) is 17.7 Å². The second kappa shape index (κ2) is 5.88. The van der Waals surface area contributed by atoms with Gasteiger partial charge in [-0.15, -0.1) is 0 Å². The van der Waals surface area contributed by atoms with E-state index in [9.17, 15) is 4.79 Å². The summed E-state index contributed by atoms with van der Waals surface area (Å²) >= 11 is 0. The largest absolute Gasteiger partial charge is 0.352 e. The zero-order chi connectivity index (χ0) is 13.8. The highest BCUT2D eigenvalue weighted by Gasteiger charge is 2.14. The minimum absolute atomic E-state index is 0.134. The summed E-state index contributed by atoms with van der Waals surface area (Å²) in [6.07, 6.45) is 2.23. The van der Waals surface area contributed by atoms with Crippen molar-refractivity contribution in [3.63, 3.8) is 0 Å². The molecule has 1 saturated heterocycles. The number of hydrogen-bond donors (Lipinski definition) is 3. The van der Waals surface area contributed by atoms with Crippen molar-refractivity contribution in [1.29, 1.82) is 0 Å². The van der Waals surface area contributed by atoms with E-state index < -0.39 is 0 Å². The molecule has 0 bridgehead atoms. The predicted molar refractivity (Wildman–Crippen MR) is 79.8 cm³/mol. The summed E-state index contributed by atoms with van der Waals surface area (Å²) in [5, 5.41) is 6.64. The van der Waals surface area contributed by atoms with E-state index in [-0.39, 0.29) is 5.56 Å². The van der Waals surface area contributed by atoms with Gasteiger partial charge in [0, 0.05) is 24.2 Å². The molecular weight excluding hydrogens is 252 g/mol. The average molecular weight is 270 g/mol. The van der Waals surface area contributed by atoms with Crippen LogP contribution in [0.5, 0.6) is 0 Å². The normalized spacial score (nSPS) is 18.7. The fourth-order valence-electron chi connectivity index (χ4n) is 2.45. The van der Waals surface area contributed by atoms with Crippen molar-refractivity contribution in [2.45, 2.75) is 18.9 Å². The lowest BCUT2D eigenvalue weighted by molar-refractivity contribution is 0.478. The quantitative estimate of drug-likeness (QED) is 0.792. The Bertz CT molecular complexity index is 617. The molecule has 1 unspecified atom stereocenters. The molecule has 5 nitrogen and oxygen atoms in total. The first-order valence-corrected chi connectivity index (χ1v) is 6.95. The summed E-state index contributed by atoms with van der Waals surface area (Å²) < 4.78 is 0. The van der Waals surface area contributed by atoms with Crippen LogP contribution in [0.1, 0.15) is 12.8 Å². The summed E-state index contributed by atoms with van der Waals surface area (Å²) in [5.74, 6) is 0.546. The third-order valence-corrected chi connectivity index (χ3v) is 3.45. The van der Waals surface area contributed by atoms with Crippen LogP contribution in [-0.4, -0.2) is 29.1 Å². The SMILES string of the molecule is O=c1cc(-c2ccccc2)nc(NC2CCCNC2)[nH]1. The molecule has 0 spiro atoms. The number of benzene rings is 1.